The van der Waals surface area contributed by atoms with Crippen LogP contribution < -0.4 is 0 Å². The van der Waals surface area contributed by atoms with Gasteiger partial charge in [0.05, 0.1) is 8.41 Å². The molecule has 4 heavy (non-hydrogen) atoms. The molecule has 0 N–H and O–H groups in total. The second-order valence-electron chi connectivity index (χ2n) is 0. The van der Waals surface area contributed by atoms with Gasteiger partial charge in [0.15, 0.2) is 17.4 Å². The first-order chi connectivity index (χ1) is 0. The summed E-state index contributed by atoms with van der Waals surface area (Å²) in [5, 5.41) is 0. The van der Waals surface area contributed by atoms with Crippen LogP contribution in [0.1, 0.15) is 0 Å². The van der Waals surface area contributed by atoms with Crippen molar-refractivity contribution in [2.75, 3.05) is 0 Å². The fraction of sp³-hybridized carbons (Fsp3) is 0. The standard InChI is InChI=1S/Al.BH3.Ce.Cr.3H/h;1H3;;;;;. The summed E-state index contributed by atoms with van der Waals surface area (Å²) in [5.74, 6) is 0. The maximum absolute atomic E-state index is 0. The van der Waals surface area contributed by atoms with E-state index >= 15 is 0 Å². The Morgan fingerprint density at radius 2 is 1.00 bits per heavy atom. The predicted molar refractivity (Wildman–Crippen MR) is 19.9 cm³/mol. The van der Waals surface area contributed by atoms with Gasteiger partial charge in [0.2, 0.25) is 0 Å². The van der Waals surface area contributed by atoms with Gasteiger partial charge >= 0.3 is 0 Å². The van der Waals surface area contributed by atoms with E-state index in [0.717, 1.165) is 0 Å². The van der Waals surface area contributed by atoms with Crippen molar-refractivity contribution in [3.63, 3.8) is 0 Å². The molecule has 0 aliphatic rings. The Balaban J connectivity index is 0. The molecule has 0 unspecified atom stereocenters. The van der Waals surface area contributed by atoms with Crippen LogP contribution in [-0.4, -0.2) is 25.8 Å². The molecule has 22 valence electrons. The van der Waals surface area contributed by atoms with Gasteiger partial charge in [-0.2, -0.15) is 0 Å². The van der Waals surface area contributed by atoms with Crippen LogP contribution in [0, 0.1) is 41.7 Å². The van der Waals surface area contributed by atoms with E-state index in [1.54, 1.807) is 0 Å². The molecule has 0 amide bonds. The largest absolute Gasteiger partial charge is 0.187 e. The number of hydrogen-bond donors (Lipinski definition) is 0. The molecule has 0 aliphatic carbocycles. The Morgan fingerprint density at radius 1 is 1.00 bits per heavy atom. The molecule has 0 aromatic heterocycles. The van der Waals surface area contributed by atoms with Gasteiger partial charge in [0.1, 0.15) is 0 Å². The van der Waals surface area contributed by atoms with Crippen LogP contribution >= 0.6 is 0 Å². The topological polar surface area (TPSA) is 0 Å². The maximum atomic E-state index is 0. The van der Waals surface area contributed by atoms with Crippen LogP contribution in [0.2, 0.25) is 0 Å². The van der Waals surface area contributed by atoms with Gasteiger partial charge in [-0.15, -0.1) is 0 Å². The molecule has 0 heterocycles. The second kappa shape index (κ2) is 17.8. The fourth-order valence-corrected chi connectivity index (χ4v) is 0. The molecule has 0 fully saturated rings. The molecule has 0 aliphatic heterocycles. The van der Waals surface area contributed by atoms with Gasteiger partial charge in [0.25, 0.3) is 0 Å². The molecule has 0 aromatic carbocycles. The van der Waals surface area contributed by atoms with E-state index in [1.165, 1.54) is 0 Å². The molecule has 0 rings (SSSR count). The molecule has 0 bridgehead atoms. The summed E-state index contributed by atoms with van der Waals surface area (Å²) in [6.07, 6.45) is 0. The quantitative estimate of drug-likeness (QED) is 0.412. The van der Waals surface area contributed by atoms with Gasteiger partial charge < -0.3 is 0 Å². The van der Waals surface area contributed by atoms with Gasteiger partial charge in [-0.1, -0.05) is 0 Å². The van der Waals surface area contributed by atoms with Crippen molar-refractivity contribution in [1.82, 2.24) is 0 Å². The Kier molecular flexibility index (Phi) is 140. The first kappa shape index (κ1) is 31.4. The number of rotatable bonds is 0. The smallest absolute Gasteiger partial charge is 0 e. The Bertz CT molecular complexity index is 8.00. The Morgan fingerprint density at radius 3 is 1.00 bits per heavy atom. The minimum absolute atomic E-state index is 0. The second-order valence-corrected chi connectivity index (χ2v) is 0. The van der Waals surface area contributed by atoms with Crippen molar-refractivity contribution in [1.29, 1.82) is 0 Å². The Labute approximate surface area is 83.3 Å². The molecule has 0 aromatic rings. The number of hydrogen-bond acceptors (Lipinski definition) is 0. The van der Waals surface area contributed by atoms with Crippen molar-refractivity contribution in [2.45, 2.75) is 0 Å². The van der Waals surface area contributed by atoms with Crippen LogP contribution in [-0.2, 0) is 17.4 Å². The summed E-state index contributed by atoms with van der Waals surface area (Å²) in [6, 6.07) is 0. The molecule has 0 nitrogen and oxygen atoms in total. The molecule has 0 saturated carbocycles. The van der Waals surface area contributed by atoms with Crippen molar-refractivity contribution < 1.29 is 59.1 Å². The van der Waals surface area contributed by atoms with Crippen LogP contribution in [0.15, 0.2) is 0 Å². The third kappa shape index (κ3) is 8.82. The molecule has 0 saturated heterocycles. The van der Waals surface area contributed by atoms with Crippen molar-refractivity contribution in [2.24, 2.45) is 0 Å². The molecular formula is H6AlBCeCr. The zero-order valence-corrected chi connectivity index (χ0v) is 5.32. The molecule has 0 radical (unpaired) electrons. The summed E-state index contributed by atoms with van der Waals surface area (Å²) in [7, 11) is 0. The van der Waals surface area contributed by atoms with Crippen molar-refractivity contribution >= 4 is 25.8 Å². The van der Waals surface area contributed by atoms with Gasteiger partial charge in [-0.25, -0.2) is 0 Å². The molecule has 0 spiro atoms. The van der Waals surface area contributed by atoms with E-state index in [-0.39, 0.29) is 84.9 Å². The van der Waals surface area contributed by atoms with E-state index < -0.39 is 0 Å². The summed E-state index contributed by atoms with van der Waals surface area (Å²) in [5.41, 5.74) is 0. The summed E-state index contributed by atoms with van der Waals surface area (Å²) in [4.78, 5) is 0. The summed E-state index contributed by atoms with van der Waals surface area (Å²) >= 11 is 0. The van der Waals surface area contributed by atoms with Crippen LogP contribution in [0.4, 0.5) is 0 Å². The zero-order chi connectivity index (χ0) is 0. The zero-order valence-electron chi connectivity index (χ0n) is 0.908. The van der Waals surface area contributed by atoms with E-state index in [9.17, 15) is 0 Å². The summed E-state index contributed by atoms with van der Waals surface area (Å²) < 4.78 is 0. The van der Waals surface area contributed by atoms with Crippen LogP contribution in [0.25, 0.3) is 0 Å². The van der Waals surface area contributed by atoms with Crippen molar-refractivity contribution in [3.8, 4) is 0 Å². The third-order valence-electron chi connectivity index (χ3n) is 0. The normalized spacial score (nSPS) is 0. The first-order valence-corrected chi connectivity index (χ1v) is 0. The fourth-order valence-electron chi connectivity index (χ4n) is 0. The van der Waals surface area contributed by atoms with E-state index in [1.807, 2.05) is 0 Å². The maximum Gasteiger partial charge on any atom is 0.187 e. The van der Waals surface area contributed by atoms with Crippen molar-refractivity contribution in [3.05, 3.63) is 0 Å². The molecular weight excluding hydrogens is 230 g/mol. The van der Waals surface area contributed by atoms with Crippen LogP contribution in [0.5, 0.6) is 0 Å². The SMILES string of the molecule is B.[AlH3].[Ce].[Cr]. The summed E-state index contributed by atoms with van der Waals surface area (Å²) in [6.45, 7) is 0. The van der Waals surface area contributed by atoms with Gasteiger partial charge in [0, 0.05) is 59.1 Å². The average molecular weight is 236 g/mol. The Hall–Kier alpha value is 2.51. The van der Waals surface area contributed by atoms with E-state index in [2.05, 4.69) is 0 Å². The molecule has 4 heteroatoms. The van der Waals surface area contributed by atoms with Crippen LogP contribution in [0.3, 0.4) is 0 Å². The first-order valence-electron chi connectivity index (χ1n) is 0. The van der Waals surface area contributed by atoms with E-state index in [4.69, 9.17) is 0 Å². The minimum atomic E-state index is 0. The average Bonchev–Trinajstić information content (AvgIpc) is 0. The monoisotopic (exact) mass is 236 g/mol. The van der Waals surface area contributed by atoms with Gasteiger partial charge in [-0.3, -0.25) is 0 Å². The molecule has 0 atom stereocenters. The third-order valence-corrected chi connectivity index (χ3v) is 0. The van der Waals surface area contributed by atoms with E-state index in [0.29, 0.717) is 0 Å². The van der Waals surface area contributed by atoms with Gasteiger partial charge in [-0.05, 0) is 0 Å². The predicted octanol–water partition coefficient (Wildman–Crippen LogP) is -2.37. The minimum Gasteiger partial charge on any atom is 0 e.